The smallest absolute Gasteiger partial charge is 0.244 e. The summed E-state index contributed by atoms with van der Waals surface area (Å²) in [5, 5.41) is 4.16. The van der Waals surface area contributed by atoms with Gasteiger partial charge in [0.15, 0.2) is 0 Å². The quantitative estimate of drug-likeness (QED) is 0.605. The number of ether oxygens (including phenoxy) is 2. The zero-order valence-corrected chi connectivity index (χ0v) is 15.4. The van der Waals surface area contributed by atoms with E-state index in [1.54, 1.807) is 20.3 Å². The molecule has 0 unspecified atom stereocenters. The maximum absolute atomic E-state index is 12.0. The number of hydrogen-bond donors (Lipinski definition) is 1. The summed E-state index contributed by atoms with van der Waals surface area (Å²) in [6.45, 7) is 1.81. The molecule has 1 N–H and O–H groups in total. The summed E-state index contributed by atoms with van der Waals surface area (Å²) >= 11 is 3.37. The first-order valence-corrected chi connectivity index (χ1v) is 8.12. The predicted molar refractivity (Wildman–Crippen MR) is 97.7 cm³/mol. The van der Waals surface area contributed by atoms with Gasteiger partial charge in [0.2, 0.25) is 5.91 Å². The van der Waals surface area contributed by atoms with E-state index in [-0.39, 0.29) is 12.3 Å². The Hall–Kier alpha value is -2.34. The number of halogens is 1. The van der Waals surface area contributed by atoms with Crippen LogP contribution in [0, 0.1) is 0 Å². The summed E-state index contributed by atoms with van der Waals surface area (Å²) in [5.41, 5.74) is 4.94. The molecule has 126 valence electrons. The highest BCUT2D eigenvalue weighted by Crippen LogP contribution is 2.25. The fourth-order valence-corrected chi connectivity index (χ4v) is 2.40. The second kappa shape index (κ2) is 8.49. The predicted octanol–water partition coefficient (Wildman–Crippen LogP) is 3.55. The van der Waals surface area contributed by atoms with Gasteiger partial charge in [0.05, 0.1) is 26.4 Å². The molecule has 0 saturated heterocycles. The highest BCUT2D eigenvalue weighted by atomic mass is 79.9. The van der Waals surface area contributed by atoms with Gasteiger partial charge in [-0.05, 0) is 36.8 Å². The zero-order valence-electron chi connectivity index (χ0n) is 13.8. The summed E-state index contributed by atoms with van der Waals surface area (Å²) in [4.78, 5) is 12.0. The Balaban J connectivity index is 2.05. The first-order valence-electron chi connectivity index (χ1n) is 7.33. The van der Waals surface area contributed by atoms with Crippen LogP contribution in [0.5, 0.6) is 11.5 Å². The van der Waals surface area contributed by atoms with Crippen molar-refractivity contribution in [3.8, 4) is 11.5 Å². The average molecular weight is 391 g/mol. The van der Waals surface area contributed by atoms with Gasteiger partial charge in [0.25, 0.3) is 0 Å². The van der Waals surface area contributed by atoms with Gasteiger partial charge in [-0.2, -0.15) is 5.10 Å². The van der Waals surface area contributed by atoms with E-state index >= 15 is 0 Å². The summed E-state index contributed by atoms with van der Waals surface area (Å²) in [7, 11) is 3.18. The van der Waals surface area contributed by atoms with E-state index in [1.807, 2.05) is 43.3 Å². The highest BCUT2D eigenvalue weighted by molar-refractivity contribution is 9.10. The first-order chi connectivity index (χ1) is 11.5. The Morgan fingerprint density at radius 2 is 1.83 bits per heavy atom. The second-order valence-corrected chi connectivity index (χ2v) is 6.02. The molecule has 2 rings (SSSR count). The average Bonchev–Trinajstić information content (AvgIpc) is 2.61. The van der Waals surface area contributed by atoms with E-state index in [1.165, 1.54) is 0 Å². The third-order valence-electron chi connectivity index (χ3n) is 3.42. The lowest BCUT2D eigenvalue weighted by Gasteiger charge is -2.10. The van der Waals surface area contributed by atoms with Crippen LogP contribution in [0.4, 0.5) is 0 Å². The molecule has 0 heterocycles. The van der Waals surface area contributed by atoms with Crippen LogP contribution in [0.15, 0.2) is 52.0 Å². The third kappa shape index (κ3) is 4.83. The summed E-state index contributed by atoms with van der Waals surface area (Å²) in [5.74, 6) is 1.16. The molecule has 0 bridgehead atoms. The molecule has 0 aliphatic heterocycles. The van der Waals surface area contributed by atoms with Crippen molar-refractivity contribution in [2.24, 2.45) is 5.10 Å². The van der Waals surface area contributed by atoms with Gasteiger partial charge in [0, 0.05) is 16.1 Å². The molecule has 0 radical (unpaired) electrons. The Bertz CT molecular complexity index is 742. The van der Waals surface area contributed by atoms with E-state index in [2.05, 4.69) is 26.5 Å². The molecule has 24 heavy (non-hydrogen) atoms. The minimum Gasteiger partial charge on any atom is -0.497 e. The number of nitrogens with zero attached hydrogens (tertiary/aromatic N) is 1. The summed E-state index contributed by atoms with van der Waals surface area (Å²) in [6, 6.07) is 13.0. The van der Waals surface area contributed by atoms with Crippen molar-refractivity contribution in [1.82, 2.24) is 5.43 Å². The lowest BCUT2D eigenvalue weighted by atomic mass is 10.1. The van der Waals surface area contributed by atoms with Gasteiger partial charge in [-0.3, -0.25) is 4.79 Å². The van der Waals surface area contributed by atoms with Gasteiger partial charge in [-0.1, -0.05) is 28.1 Å². The van der Waals surface area contributed by atoms with Gasteiger partial charge in [-0.15, -0.1) is 0 Å². The highest BCUT2D eigenvalue weighted by Gasteiger charge is 2.09. The topological polar surface area (TPSA) is 59.9 Å². The van der Waals surface area contributed by atoms with Crippen LogP contribution < -0.4 is 14.9 Å². The van der Waals surface area contributed by atoms with Crippen LogP contribution in [0.1, 0.15) is 18.1 Å². The van der Waals surface area contributed by atoms with Crippen LogP contribution in [-0.4, -0.2) is 25.8 Å². The van der Waals surface area contributed by atoms with Crippen LogP contribution in [0.2, 0.25) is 0 Å². The number of amides is 1. The lowest BCUT2D eigenvalue weighted by Crippen LogP contribution is -2.21. The van der Waals surface area contributed by atoms with Crippen LogP contribution in [0.3, 0.4) is 0 Å². The minimum atomic E-state index is -0.177. The van der Waals surface area contributed by atoms with Gasteiger partial charge in [0.1, 0.15) is 11.5 Å². The van der Waals surface area contributed by atoms with Crippen molar-refractivity contribution in [2.75, 3.05) is 14.2 Å². The molecule has 0 spiro atoms. The van der Waals surface area contributed by atoms with E-state index in [0.29, 0.717) is 17.2 Å². The van der Waals surface area contributed by atoms with E-state index in [0.717, 1.165) is 15.6 Å². The number of rotatable bonds is 6. The minimum absolute atomic E-state index is 0.177. The van der Waals surface area contributed by atoms with E-state index in [9.17, 15) is 4.79 Å². The van der Waals surface area contributed by atoms with Crippen LogP contribution in [0.25, 0.3) is 0 Å². The number of nitrogens with one attached hydrogen (secondary N) is 1. The number of hydrazone groups is 1. The first kappa shape index (κ1) is 18.0. The van der Waals surface area contributed by atoms with Crippen molar-refractivity contribution < 1.29 is 14.3 Å². The Labute approximate surface area is 149 Å². The third-order valence-corrected chi connectivity index (χ3v) is 3.95. The fraction of sp³-hybridized carbons (Fsp3) is 0.222. The van der Waals surface area contributed by atoms with Crippen molar-refractivity contribution >= 4 is 27.5 Å². The van der Waals surface area contributed by atoms with Crippen molar-refractivity contribution in [1.29, 1.82) is 0 Å². The summed E-state index contributed by atoms with van der Waals surface area (Å²) < 4.78 is 11.5. The molecule has 1 amide bonds. The van der Waals surface area contributed by atoms with Crippen LogP contribution >= 0.6 is 15.9 Å². The maximum atomic E-state index is 12.0. The SMILES string of the molecule is COc1ccc(/C(C)=N\NC(=O)Cc2ccc(Br)cc2)c(OC)c1. The number of benzene rings is 2. The van der Waals surface area contributed by atoms with Crippen molar-refractivity contribution in [3.05, 3.63) is 58.1 Å². The van der Waals surface area contributed by atoms with Gasteiger partial charge < -0.3 is 9.47 Å². The molecule has 0 atom stereocenters. The molecular weight excluding hydrogens is 372 g/mol. The molecule has 0 aliphatic rings. The molecule has 2 aromatic carbocycles. The van der Waals surface area contributed by atoms with Crippen molar-refractivity contribution in [2.45, 2.75) is 13.3 Å². The molecule has 2 aromatic rings. The van der Waals surface area contributed by atoms with Gasteiger partial charge >= 0.3 is 0 Å². The molecule has 0 aliphatic carbocycles. The van der Waals surface area contributed by atoms with E-state index in [4.69, 9.17) is 9.47 Å². The molecule has 0 aromatic heterocycles. The fourth-order valence-electron chi connectivity index (χ4n) is 2.13. The number of methoxy groups -OCH3 is 2. The zero-order chi connectivity index (χ0) is 17.5. The normalized spacial score (nSPS) is 11.1. The molecular formula is C18H19BrN2O3. The standard InChI is InChI=1S/C18H19BrN2O3/c1-12(16-9-8-15(23-2)11-17(16)24-3)20-21-18(22)10-13-4-6-14(19)7-5-13/h4-9,11H,10H2,1-3H3,(H,21,22)/b20-12-. The monoisotopic (exact) mass is 390 g/mol. The van der Waals surface area contributed by atoms with E-state index < -0.39 is 0 Å². The molecule has 0 fully saturated rings. The largest absolute Gasteiger partial charge is 0.497 e. The maximum Gasteiger partial charge on any atom is 0.244 e. The molecule has 0 saturated carbocycles. The Kier molecular flexibility index (Phi) is 6.37. The molecule has 6 heteroatoms. The Morgan fingerprint density at radius 1 is 1.12 bits per heavy atom. The number of carbonyl (C=O) groups excluding carboxylic acids is 1. The summed E-state index contributed by atoms with van der Waals surface area (Å²) in [6.07, 6.45) is 0.268. The number of carbonyl (C=O) groups is 1. The number of hydrogen-bond acceptors (Lipinski definition) is 4. The van der Waals surface area contributed by atoms with Crippen molar-refractivity contribution in [3.63, 3.8) is 0 Å². The van der Waals surface area contributed by atoms with Crippen LogP contribution in [-0.2, 0) is 11.2 Å². The molecule has 5 nitrogen and oxygen atoms in total. The second-order valence-electron chi connectivity index (χ2n) is 5.10. The van der Waals surface area contributed by atoms with Gasteiger partial charge in [-0.25, -0.2) is 5.43 Å². The Morgan fingerprint density at radius 3 is 2.46 bits per heavy atom. The lowest BCUT2D eigenvalue weighted by molar-refractivity contribution is -0.120.